The molecule has 0 atom stereocenters. The zero-order valence-corrected chi connectivity index (χ0v) is 9.26. The van der Waals surface area contributed by atoms with Crippen LogP contribution in [-0.4, -0.2) is 11.1 Å². The molecule has 2 aromatic rings. The maximum absolute atomic E-state index is 13.4. The summed E-state index contributed by atoms with van der Waals surface area (Å²) < 4.78 is 18.7. The van der Waals surface area contributed by atoms with Crippen LogP contribution >= 0.6 is 0 Å². The summed E-state index contributed by atoms with van der Waals surface area (Å²) in [6.07, 6.45) is 0. The second-order valence-corrected chi connectivity index (χ2v) is 3.56. The molecular weight excluding hydrogens is 237 g/mol. The Labute approximate surface area is 102 Å². The van der Waals surface area contributed by atoms with Gasteiger partial charge in [0.2, 0.25) is 0 Å². The fourth-order valence-electron chi connectivity index (χ4n) is 1.47. The molecule has 4 nitrogen and oxygen atoms in total. The molecule has 0 aromatic heterocycles. The van der Waals surface area contributed by atoms with Crippen LogP contribution in [0.3, 0.4) is 0 Å². The van der Waals surface area contributed by atoms with Gasteiger partial charge in [0.1, 0.15) is 5.56 Å². The van der Waals surface area contributed by atoms with Gasteiger partial charge >= 0.3 is 5.97 Å². The van der Waals surface area contributed by atoms with Crippen molar-refractivity contribution in [2.45, 2.75) is 0 Å². The molecular formula is C13H10FNO3. The molecule has 0 heterocycles. The number of carboxylic acids is 1. The van der Waals surface area contributed by atoms with Crippen molar-refractivity contribution in [3.63, 3.8) is 0 Å². The normalized spacial score (nSPS) is 10.1. The highest BCUT2D eigenvalue weighted by Crippen LogP contribution is 2.32. The Kier molecular flexibility index (Phi) is 3.14. The lowest BCUT2D eigenvalue weighted by atomic mass is 10.1. The molecule has 0 amide bonds. The molecule has 92 valence electrons. The molecule has 0 aliphatic heterocycles. The molecule has 2 rings (SSSR count). The third-order valence-corrected chi connectivity index (χ3v) is 2.32. The summed E-state index contributed by atoms with van der Waals surface area (Å²) in [6, 6.07) is 10.0. The van der Waals surface area contributed by atoms with Gasteiger partial charge in [0, 0.05) is 0 Å². The quantitative estimate of drug-likeness (QED) is 0.818. The van der Waals surface area contributed by atoms with Crippen LogP contribution in [0.15, 0.2) is 42.5 Å². The van der Waals surface area contributed by atoms with E-state index in [9.17, 15) is 9.18 Å². The first-order valence-electron chi connectivity index (χ1n) is 5.14. The van der Waals surface area contributed by atoms with Gasteiger partial charge in [-0.25, -0.2) is 9.18 Å². The number of aromatic carboxylic acids is 1. The Bertz CT molecular complexity index is 599. The molecule has 0 aliphatic carbocycles. The fraction of sp³-hybridized carbons (Fsp3) is 0. The van der Waals surface area contributed by atoms with E-state index in [0.29, 0.717) is 0 Å². The number of hydrogen-bond donors (Lipinski definition) is 2. The number of nitrogens with two attached hydrogens (primary N) is 1. The Balaban J connectivity index is 2.46. The van der Waals surface area contributed by atoms with E-state index in [-0.39, 0.29) is 22.7 Å². The molecule has 0 saturated carbocycles. The fourth-order valence-corrected chi connectivity index (χ4v) is 1.47. The van der Waals surface area contributed by atoms with Crippen molar-refractivity contribution in [3.8, 4) is 11.5 Å². The summed E-state index contributed by atoms with van der Waals surface area (Å²) in [4.78, 5) is 11.0. The molecule has 0 saturated heterocycles. The number of benzene rings is 2. The molecule has 0 unspecified atom stereocenters. The average Bonchev–Trinajstić information content (AvgIpc) is 2.34. The van der Waals surface area contributed by atoms with E-state index in [0.717, 1.165) is 0 Å². The second-order valence-electron chi connectivity index (χ2n) is 3.56. The summed E-state index contributed by atoms with van der Waals surface area (Å²) >= 11 is 0. The monoisotopic (exact) mass is 247 g/mol. The summed E-state index contributed by atoms with van der Waals surface area (Å²) in [5.74, 6) is -1.90. The summed E-state index contributed by atoms with van der Waals surface area (Å²) in [5, 5.41) is 9.01. The van der Waals surface area contributed by atoms with Crippen molar-refractivity contribution in [1.82, 2.24) is 0 Å². The SMILES string of the molecule is Nc1cccc(C(=O)O)c1Oc1ccccc1F. The van der Waals surface area contributed by atoms with Crippen LogP contribution in [-0.2, 0) is 0 Å². The van der Waals surface area contributed by atoms with Crippen LogP contribution in [0, 0.1) is 5.82 Å². The van der Waals surface area contributed by atoms with Gasteiger partial charge in [0.15, 0.2) is 17.3 Å². The van der Waals surface area contributed by atoms with Crippen molar-refractivity contribution in [2.24, 2.45) is 0 Å². The maximum atomic E-state index is 13.4. The van der Waals surface area contributed by atoms with Crippen molar-refractivity contribution in [2.75, 3.05) is 5.73 Å². The second kappa shape index (κ2) is 4.75. The molecule has 18 heavy (non-hydrogen) atoms. The van der Waals surface area contributed by atoms with E-state index < -0.39 is 11.8 Å². The Morgan fingerprint density at radius 3 is 2.56 bits per heavy atom. The van der Waals surface area contributed by atoms with Crippen molar-refractivity contribution >= 4 is 11.7 Å². The van der Waals surface area contributed by atoms with Gasteiger partial charge < -0.3 is 15.6 Å². The highest BCUT2D eigenvalue weighted by molar-refractivity contribution is 5.93. The number of anilines is 1. The van der Waals surface area contributed by atoms with E-state index in [1.807, 2.05) is 0 Å². The van der Waals surface area contributed by atoms with E-state index >= 15 is 0 Å². The largest absolute Gasteiger partial charge is 0.478 e. The molecule has 5 heteroatoms. The summed E-state index contributed by atoms with van der Waals surface area (Å²) in [6.45, 7) is 0. The maximum Gasteiger partial charge on any atom is 0.339 e. The van der Waals surface area contributed by atoms with E-state index in [2.05, 4.69) is 0 Å². The lowest BCUT2D eigenvalue weighted by molar-refractivity contribution is 0.0694. The standard InChI is InChI=1S/C13H10FNO3/c14-9-5-1-2-7-11(9)18-12-8(13(16)17)4-3-6-10(12)15/h1-7H,15H2,(H,16,17). The van der Waals surface area contributed by atoms with Crippen LogP contribution in [0.5, 0.6) is 11.5 Å². The lowest BCUT2D eigenvalue weighted by Gasteiger charge is -2.11. The predicted octanol–water partition coefficient (Wildman–Crippen LogP) is 2.90. The number of carbonyl (C=O) groups is 1. The van der Waals surface area contributed by atoms with Gasteiger partial charge in [-0.2, -0.15) is 0 Å². The van der Waals surface area contributed by atoms with Gasteiger partial charge in [-0.3, -0.25) is 0 Å². The number of nitrogen functional groups attached to an aromatic ring is 1. The van der Waals surface area contributed by atoms with E-state index in [4.69, 9.17) is 15.6 Å². The smallest absolute Gasteiger partial charge is 0.339 e. The highest BCUT2D eigenvalue weighted by Gasteiger charge is 2.16. The van der Waals surface area contributed by atoms with E-state index in [1.165, 1.54) is 36.4 Å². The molecule has 0 spiro atoms. The Morgan fingerprint density at radius 2 is 1.89 bits per heavy atom. The van der Waals surface area contributed by atoms with Crippen LogP contribution in [0.1, 0.15) is 10.4 Å². The number of ether oxygens (including phenoxy) is 1. The zero-order valence-electron chi connectivity index (χ0n) is 9.26. The number of hydrogen-bond acceptors (Lipinski definition) is 3. The van der Waals surface area contributed by atoms with Crippen LogP contribution in [0.25, 0.3) is 0 Å². The number of carboxylic acid groups (broad SMARTS) is 1. The van der Waals surface area contributed by atoms with Crippen molar-refractivity contribution < 1.29 is 19.0 Å². The third kappa shape index (κ3) is 2.24. The average molecular weight is 247 g/mol. The first-order valence-corrected chi connectivity index (χ1v) is 5.14. The number of para-hydroxylation sites is 2. The van der Waals surface area contributed by atoms with Gasteiger partial charge in [-0.15, -0.1) is 0 Å². The van der Waals surface area contributed by atoms with Crippen LogP contribution in [0.2, 0.25) is 0 Å². The molecule has 3 N–H and O–H groups in total. The predicted molar refractivity (Wildman–Crippen MR) is 64.3 cm³/mol. The molecule has 0 radical (unpaired) electrons. The van der Waals surface area contributed by atoms with Crippen LogP contribution in [0.4, 0.5) is 10.1 Å². The Hall–Kier alpha value is -2.56. The molecule has 0 bridgehead atoms. The highest BCUT2D eigenvalue weighted by atomic mass is 19.1. The number of halogens is 1. The molecule has 2 aromatic carbocycles. The van der Waals surface area contributed by atoms with Crippen LogP contribution < -0.4 is 10.5 Å². The minimum Gasteiger partial charge on any atom is -0.478 e. The Morgan fingerprint density at radius 1 is 1.17 bits per heavy atom. The van der Waals surface area contributed by atoms with Gasteiger partial charge in [-0.05, 0) is 24.3 Å². The third-order valence-electron chi connectivity index (χ3n) is 2.32. The lowest BCUT2D eigenvalue weighted by Crippen LogP contribution is -2.03. The van der Waals surface area contributed by atoms with Gasteiger partial charge in [0.05, 0.1) is 5.69 Å². The minimum absolute atomic E-state index is 0.0601. The van der Waals surface area contributed by atoms with Gasteiger partial charge in [-0.1, -0.05) is 18.2 Å². The van der Waals surface area contributed by atoms with Crippen molar-refractivity contribution in [1.29, 1.82) is 0 Å². The van der Waals surface area contributed by atoms with E-state index in [1.54, 1.807) is 6.07 Å². The summed E-state index contributed by atoms with van der Waals surface area (Å²) in [5.41, 5.74) is 5.67. The topological polar surface area (TPSA) is 72.6 Å². The molecule has 0 fully saturated rings. The first-order chi connectivity index (χ1) is 8.59. The van der Waals surface area contributed by atoms with Gasteiger partial charge in [0.25, 0.3) is 0 Å². The molecule has 0 aliphatic rings. The van der Waals surface area contributed by atoms with Crippen molar-refractivity contribution in [3.05, 3.63) is 53.8 Å². The summed E-state index contributed by atoms with van der Waals surface area (Å²) in [7, 11) is 0. The number of rotatable bonds is 3. The zero-order chi connectivity index (χ0) is 13.1. The minimum atomic E-state index is -1.19. The first kappa shape index (κ1) is 11.9.